The molecule has 4 saturated carbocycles. The normalized spacial score (nSPS) is 35.3. The third-order valence-corrected chi connectivity index (χ3v) is 16.9. The molecule has 11 atom stereocenters. The zero-order chi connectivity index (χ0) is 42.7. The first-order chi connectivity index (χ1) is 27.0. The van der Waals surface area contributed by atoms with Gasteiger partial charge in [0.05, 0.1) is 43.0 Å². The minimum atomic E-state index is -1.21. The zero-order valence-corrected chi connectivity index (χ0v) is 36.6. The van der Waals surface area contributed by atoms with Crippen LogP contribution in [-0.4, -0.2) is 80.4 Å². The van der Waals surface area contributed by atoms with Gasteiger partial charge in [-0.15, -0.1) is 0 Å². The first kappa shape index (κ1) is 44.5. The molecule has 1 unspecified atom stereocenters. The number of fused-ring (bicyclic) bond motifs is 7. The number of ketones is 1. The number of benzene rings is 1. The number of hydrogen-bond acceptors (Lipinski definition) is 8. The maximum Gasteiger partial charge on any atom is 0.309 e. The molecular weight excluding hydrogens is 735 g/mol. The molecule has 4 N–H and O–H groups in total. The Balaban J connectivity index is 1.24. The molecule has 0 saturated heterocycles. The van der Waals surface area contributed by atoms with Gasteiger partial charge in [-0.3, -0.25) is 19.2 Å². The molecule has 58 heavy (non-hydrogen) atoms. The number of carboxylic acid groups (broad SMARTS) is 1. The van der Waals surface area contributed by atoms with Crippen LogP contribution in [0.2, 0.25) is 0 Å². The van der Waals surface area contributed by atoms with Gasteiger partial charge >= 0.3 is 11.9 Å². The number of carbonyl (C=O) groups is 4. The van der Waals surface area contributed by atoms with Gasteiger partial charge in [-0.1, -0.05) is 84.4 Å². The number of carboxylic acids is 1. The molecule has 0 aromatic heterocycles. The average Bonchev–Trinajstić information content (AvgIpc) is 3.44. The van der Waals surface area contributed by atoms with Crippen LogP contribution in [0.25, 0.3) is 0 Å². The third-order valence-electron chi connectivity index (χ3n) is 16.9. The van der Waals surface area contributed by atoms with Crippen LogP contribution in [0.4, 0.5) is 0 Å². The number of aliphatic hydroxyl groups is 3. The highest BCUT2D eigenvalue weighted by Crippen LogP contribution is 2.76. The van der Waals surface area contributed by atoms with Gasteiger partial charge in [0.25, 0.3) is 0 Å². The molecule has 10 heteroatoms. The second-order valence-electron chi connectivity index (χ2n) is 21.2. The number of carbonyl (C=O) groups excluding carboxylic acids is 3. The summed E-state index contributed by atoms with van der Waals surface area (Å²) >= 11 is 0. The van der Waals surface area contributed by atoms with Gasteiger partial charge in [-0.05, 0) is 122 Å². The Kier molecular flexibility index (Phi) is 12.3. The smallest absolute Gasteiger partial charge is 0.309 e. The quantitative estimate of drug-likeness (QED) is 0.149. The maximum absolute atomic E-state index is 14.7. The number of esters is 1. The highest BCUT2D eigenvalue weighted by Gasteiger charge is 2.69. The number of aliphatic carboxylic acids is 1. The number of hydrogen-bond donors (Lipinski definition) is 4. The minimum absolute atomic E-state index is 0.00146. The fourth-order valence-corrected chi connectivity index (χ4v) is 13.7. The van der Waals surface area contributed by atoms with E-state index in [4.69, 9.17) is 4.74 Å². The lowest BCUT2D eigenvalue weighted by Crippen LogP contribution is -2.65. The van der Waals surface area contributed by atoms with Crippen molar-refractivity contribution in [1.82, 2.24) is 4.90 Å². The summed E-state index contributed by atoms with van der Waals surface area (Å²) in [6.07, 6.45) is 4.45. The fraction of sp³-hybridized carbons (Fsp3) is 0.750. The van der Waals surface area contributed by atoms with E-state index in [0.717, 1.165) is 62.5 Å². The number of ether oxygens (including phenoxy) is 1. The Labute approximate surface area is 346 Å². The second kappa shape index (κ2) is 16.1. The topological polar surface area (TPSA) is 162 Å². The number of rotatable bonds is 13. The third kappa shape index (κ3) is 7.50. The van der Waals surface area contributed by atoms with E-state index in [-0.39, 0.29) is 83.1 Å². The molecule has 0 heterocycles. The van der Waals surface area contributed by atoms with Crippen LogP contribution in [0.1, 0.15) is 132 Å². The van der Waals surface area contributed by atoms with Crippen LogP contribution in [0.15, 0.2) is 41.5 Å². The maximum atomic E-state index is 14.7. The summed E-state index contributed by atoms with van der Waals surface area (Å²) in [7, 11) is 0. The molecular formula is C48H71NO9. The Morgan fingerprint density at radius 1 is 0.897 bits per heavy atom. The number of Topliss-reactive ketones (excluding diaryl/α,β-unsaturated/α-hetero) is 1. The molecule has 1 amide bonds. The lowest BCUT2D eigenvalue weighted by Gasteiger charge is -2.71. The largest absolute Gasteiger partial charge is 0.481 e. The van der Waals surface area contributed by atoms with Gasteiger partial charge < -0.3 is 30.1 Å². The summed E-state index contributed by atoms with van der Waals surface area (Å²) < 4.78 is 6.16. The molecule has 5 aliphatic carbocycles. The van der Waals surface area contributed by atoms with Crippen LogP contribution in [-0.2, 0) is 30.5 Å². The molecule has 0 spiro atoms. The van der Waals surface area contributed by atoms with Crippen LogP contribution in [0.5, 0.6) is 0 Å². The Bertz CT molecular complexity index is 1770. The summed E-state index contributed by atoms with van der Waals surface area (Å²) in [6.45, 7) is 18.9. The SMILES string of the molecule is CC(C)C1=C2C(CC[C@]3(C)[C@@H]2CC[C@@H]2[C@@]4(C)CC[C@H](OC(=O)CC(C)(C)C(=O)O)C(C)(C)[C@@H]4CC[C@]23C)[C@H]([C@@H](O)CN(Cc2ccccc2)C(=O)C[C@H](O)CO)C1=O. The van der Waals surface area contributed by atoms with Crippen molar-refractivity contribution in [2.75, 3.05) is 13.2 Å². The van der Waals surface area contributed by atoms with Crippen LogP contribution in [0, 0.1) is 62.6 Å². The van der Waals surface area contributed by atoms with Crippen molar-refractivity contribution < 1.29 is 44.3 Å². The summed E-state index contributed by atoms with van der Waals surface area (Å²) in [5.41, 5.74) is 1.47. The molecule has 1 aromatic carbocycles. The zero-order valence-electron chi connectivity index (χ0n) is 36.6. The van der Waals surface area contributed by atoms with Crippen molar-refractivity contribution in [2.45, 2.75) is 151 Å². The molecule has 5 aliphatic rings. The van der Waals surface area contributed by atoms with Gasteiger partial charge in [0, 0.05) is 18.5 Å². The summed E-state index contributed by atoms with van der Waals surface area (Å²) in [5, 5.41) is 41.4. The first-order valence-electron chi connectivity index (χ1n) is 22.0. The summed E-state index contributed by atoms with van der Waals surface area (Å²) in [5.74, 6) is -1.61. The van der Waals surface area contributed by atoms with Crippen molar-refractivity contribution >= 4 is 23.6 Å². The molecule has 4 fully saturated rings. The standard InChI is InChI=1S/C48H71NO9/c1-28(2)39-40-31(41(42(39)55)33(52)26-49(37(53)23-30(51)27-50)25-29-13-11-10-12-14-29)17-21-47(8)32(40)15-16-35-46(7)20-19-36(58-38(54)24-44(3,4)43(56)57)45(5,6)34(46)18-22-48(35,47)9/h10-14,28,30-36,41,50-52H,15-27H2,1-9H3,(H,56,57)/t30-,31?,32+,33-,34-,35+,36-,41+,46-,47+,48+/m0/s1. The highest BCUT2D eigenvalue weighted by molar-refractivity contribution is 6.02. The van der Waals surface area contributed by atoms with E-state index in [1.165, 1.54) is 10.5 Å². The van der Waals surface area contributed by atoms with Crippen LogP contribution in [0.3, 0.4) is 0 Å². The van der Waals surface area contributed by atoms with Crippen molar-refractivity contribution in [3.05, 3.63) is 47.0 Å². The number of allylic oxidation sites excluding steroid dienone is 2. The average molecular weight is 806 g/mol. The van der Waals surface area contributed by atoms with Crippen LogP contribution >= 0.6 is 0 Å². The summed E-state index contributed by atoms with van der Waals surface area (Å²) in [4.78, 5) is 54.6. The van der Waals surface area contributed by atoms with E-state index in [0.29, 0.717) is 11.8 Å². The van der Waals surface area contributed by atoms with Gasteiger partial charge in [0.15, 0.2) is 5.78 Å². The van der Waals surface area contributed by atoms with Gasteiger partial charge in [0.1, 0.15) is 6.10 Å². The van der Waals surface area contributed by atoms with E-state index in [2.05, 4.69) is 48.5 Å². The first-order valence-corrected chi connectivity index (χ1v) is 22.0. The lowest BCUT2D eigenvalue weighted by atomic mass is 9.33. The minimum Gasteiger partial charge on any atom is -0.481 e. The van der Waals surface area contributed by atoms with E-state index in [1.807, 2.05) is 30.3 Å². The van der Waals surface area contributed by atoms with Gasteiger partial charge in [-0.25, -0.2) is 0 Å². The van der Waals surface area contributed by atoms with Crippen molar-refractivity contribution in [1.29, 1.82) is 0 Å². The Morgan fingerprint density at radius 3 is 2.17 bits per heavy atom. The summed E-state index contributed by atoms with van der Waals surface area (Å²) in [6, 6.07) is 9.49. The molecule has 0 bridgehead atoms. The number of amides is 1. The van der Waals surface area contributed by atoms with Crippen LogP contribution < -0.4 is 0 Å². The second-order valence-corrected chi connectivity index (χ2v) is 21.2. The van der Waals surface area contributed by atoms with E-state index in [1.54, 1.807) is 13.8 Å². The molecule has 1 aromatic rings. The van der Waals surface area contributed by atoms with Gasteiger partial charge in [-0.2, -0.15) is 0 Å². The van der Waals surface area contributed by atoms with E-state index in [9.17, 15) is 39.6 Å². The molecule has 322 valence electrons. The van der Waals surface area contributed by atoms with Crippen molar-refractivity contribution in [3.8, 4) is 0 Å². The lowest BCUT2D eigenvalue weighted by molar-refractivity contribution is -0.232. The molecule has 0 aliphatic heterocycles. The Morgan fingerprint density at radius 2 is 1.55 bits per heavy atom. The Hall–Kier alpha value is -3.08. The van der Waals surface area contributed by atoms with E-state index >= 15 is 0 Å². The van der Waals surface area contributed by atoms with E-state index < -0.39 is 42.1 Å². The highest BCUT2D eigenvalue weighted by atomic mass is 16.5. The van der Waals surface area contributed by atoms with Gasteiger partial charge in [0.2, 0.25) is 5.91 Å². The van der Waals surface area contributed by atoms with Crippen molar-refractivity contribution in [2.24, 2.45) is 62.6 Å². The number of aliphatic hydroxyl groups excluding tert-OH is 3. The molecule has 6 rings (SSSR count). The monoisotopic (exact) mass is 806 g/mol. The number of nitrogens with zero attached hydrogens (tertiary/aromatic N) is 1. The van der Waals surface area contributed by atoms with Crippen molar-refractivity contribution in [3.63, 3.8) is 0 Å². The predicted molar refractivity (Wildman–Crippen MR) is 221 cm³/mol. The molecule has 10 nitrogen and oxygen atoms in total. The fourth-order valence-electron chi connectivity index (χ4n) is 13.7. The predicted octanol–water partition coefficient (Wildman–Crippen LogP) is 7.37. The molecule has 0 radical (unpaired) electrons.